The summed E-state index contributed by atoms with van der Waals surface area (Å²) in [5, 5.41) is 10.2. The van der Waals surface area contributed by atoms with Crippen LogP contribution >= 0.6 is 11.8 Å². The van der Waals surface area contributed by atoms with Crippen molar-refractivity contribution in [3.8, 4) is 11.3 Å². The summed E-state index contributed by atoms with van der Waals surface area (Å²) in [5.41, 5.74) is 3.73. The summed E-state index contributed by atoms with van der Waals surface area (Å²) in [4.78, 5) is 17.4. The largest absolute Gasteiger partial charge is 0.478 e. The van der Waals surface area contributed by atoms with Crippen LogP contribution in [0.15, 0.2) is 53.4 Å². The van der Waals surface area contributed by atoms with Gasteiger partial charge in [0, 0.05) is 15.8 Å². The maximum absolute atomic E-state index is 11.6. The van der Waals surface area contributed by atoms with Crippen LogP contribution in [0.1, 0.15) is 15.9 Å². The minimum Gasteiger partial charge on any atom is -0.478 e. The molecule has 1 N–H and O–H groups in total. The molecule has 1 heterocycles. The molecule has 3 nitrogen and oxygen atoms in total. The van der Waals surface area contributed by atoms with Gasteiger partial charge in [0.05, 0.1) is 16.8 Å². The van der Waals surface area contributed by atoms with E-state index in [0.717, 1.165) is 16.0 Å². The van der Waals surface area contributed by atoms with Gasteiger partial charge in [-0.2, -0.15) is 0 Å². The molecule has 0 fully saturated rings. The first-order chi connectivity index (χ1) is 10.6. The number of carbonyl (C=O) groups is 1. The van der Waals surface area contributed by atoms with Gasteiger partial charge in [0.15, 0.2) is 0 Å². The van der Waals surface area contributed by atoms with Gasteiger partial charge in [-0.15, -0.1) is 11.8 Å². The first-order valence-corrected chi connectivity index (χ1v) is 8.10. The summed E-state index contributed by atoms with van der Waals surface area (Å²) in [5.74, 6) is -0.931. The smallest absolute Gasteiger partial charge is 0.336 e. The average molecular weight is 309 g/mol. The molecular weight excluding hydrogens is 294 g/mol. The zero-order valence-corrected chi connectivity index (χ0v) is 13.1. The van der Waals surface area contributed by atoms with Gasteiger partial charge in [-0.3, -0.25) is 0 Å². The van der Waals surface area contributed by atoms with Gasteiger partial charge in [-0.05, 0) is 36.9 Å². The number of nitrogens with zero attached hydrogens (tertiary/aromatic N) is 1. The van der Waals surface area contributed by atoms with E-state index in [1.807, 2.05) is 55.6 Å². The quantitative estimate of drug-likeness (QED) is 0.717. The first kappa shape index (κ1) is 14.6. The van der Waals surface area contributed by atoms with Crippen LogP contribution < -0.4 is 0 Å². The van der Waals surface area contributed by atoms with E-state index in [1.54, 1.807) is 17.8 Å². The van der Waals surface area contributed by atoms with Crippen LogP contribution in [0, 0.1) is 6.92 Å². The number of thioether (sulfide) groups is 1. The van der Waals surface area contributed by atoms with E-state index in [2.05, 4.69) is 4.98 Å². The van der Waals surface area contributed by atoms with E-state index < -0.39 is 5.97 Å². The SMILES string of the molecule is CSc1ccc2c(C(=O)O)cc(-c3ccccc3C)nc2c1. The highest BCUT2D eigenvalue weighted by molar-refractivity contribution is 7.98. The predicted molar refractivity (Wildman–Crippen MR) is 90.7 cm³/mol. The summed E-state index contributed by atoms with van der Waals surface area (Å²) >= 11 is 1.62. The van der Waals surface area contributed by atoms with Gasteiger partial charge in [0.25, 0.3) is 0 Å². The number of carboxylic acids is 1. The Balaban J connectivity index is 2.32. The van der Waals surface area contributed by atoms with Gasteiger partial charge in [-0.25, -0.2) is 9.78 Å². The zero-order chi connectivity index (χ0) is 15.7. The monoisotopic (exact) mass is 309 g/mol. The molecule has 2 aromatic carbocycles. The molecule has 0 aliphatic heterocycles. The molecule has 1 aromatic heterocycles. The lowest BCUT2D eigenvalue weighted by molar-refractivity contribution is 0.0699. The van der Waals surface area contributed by atoms with E-state index in [1.165, 1.54) is 0 Å². The van der Waals surface area contributed by atoms with Gasteiger partial charge >= 0.3 is 5.97 Å². The Labute approximate surface area is 133 Å². The van der Waals surface area contributed by atoms with Crippen LogP contribution in [0.2, 0.25) is 0 Å². The van der Waals surface area contributed by atoms with E-state index in [0.29, 0.717) is 16.6 Å². The molecule has 0 aliphatic carbocycles. The fourth-order valence-electron chi connectivity index (χ4n) is 2.51. The molecular formula is C18H15NO2S. The Bertz CT molecular complexity index is 874. The summed E-state index contributed by atoms with van der Waals surface area (Å²) in [6, 6.07) is 15.2. The third kappa shape index (κ3) is 2.57. The Morgan fingerprint density at radius 1 is 1.14 bits per heavy atom. The second kappa shape index (κ2) is 5.81. The van der Waals surface area contributed by atoms with Crippen molar-refractivity contribution in [1.29, 1.82) is 0 Å². The first-order valence-electron chi connectivity index (χ1n) is 6.88. The highest BCUT2D eigenvalue weighted by Gasteiger charge is 2.14. The van der Waals surface area contributed by atoms with Crippen molar-refractivity contribution in [3.05, 3.63) is 59.7 Å². The second-order valence-corrected chi connectivity index (χ2v) is 5.94. The Morgan fingerprint density at radius 2 is 1.91 bits per heavy atom. The summed E-state index contributed by atoms with van der Waals surface area (Å²) in [6.07, 6.45) is 1.99. The maximum atomic E-state index is 11.6. The van der Waals surface area contributed by atoms with Crippen LogP contribution in [-0.4, -0.2) is 22.3 Å². The van der Waals surface area contributed by atoms with Gasteiger partial charge < -0.3 is 5.11 Å². The Morgan fingerprint density at radius 3 is 2.59 bits per heavy atom. The summed E-state index contributed by atoms with van der Waals surface area (Å²) in [6.45, 7) is 2.00. The molecule has 3 rings (SSSR count). The number of carboxylic acid groups (broad SMARTS) is 1. The molecule has 22 heavy (non-hydrogen) atoms. The van der Waals surface area contributed by atoms with Crippen LogP contribution in [-0.2, 0) is 0 Å². The van der Waals surface area contributed by atoms with Gasteiger partial charge in [0.2, 0.25) is 0 Å². The second-order valence-electron chi connectivity index (χ2n) is 5.06. The minimum atomic E-state index is -0.931. The lowest BCUT2D eigenvalue weighted by Gasteiger charge is -2.10. The van der Waals surface area contributed by atoms with E-state index >= 15 is 0 Å². The molecule has 0 spiro atoms. The van der Waals surface area contributed by atoms with Crippen LogP contribution in [0.5, 0.6) is 0 Å². The maximum Gasteiger partial charge on any atom is 0.336 e. The third-order valence-corrected chi connectivity index (χ3v) is 4.39. The molecule has 0 amide bonds. The van der Waals surface area contributed by atoms with E-state index in [-0.39, 0.29) is 5.56 Å². The van der Waals surface area contributed by atoms with Crippen LogP contribution in [0.25, 0.3) is 22.2 Å². The van der Waals surface area contributed by atoms with Crippen molar-refractivity contribution < 1.29 is 9.90 Å². The molecule has 0 radical (unpaired) electrons. The number of fused-ring (bicyclic) bond motifs is 1. The lowest BCUT2D eigenvalue weighted by Crippen LogP contribution is -2.01. The third-order valence-electron chi connectivity index (χ3n) is 3.67. The number of benzene rings is 2. The molecule has 0 bridgehead atoms. The van der Waals surface area contributed by atoms with Crippen LogP contribution in [0.4, 0.5) is 0 Å². The van der Waals surface area contributed by atoms with Crippen molar-refractivity contribution in [1.82, 2.24) is 4.98 Å². The normalized spacial score (nSPS) is 10.8. The molecule has 0 aliphatic rings. The van der Waals surface area contributed by atoms with Crippen molar-refractivity contribution in [2.75, 3.05) is 6.26 Å². The fourth-order valence-corrected chi connectivity index (χ4v) is 2.94. The van der Waals surface area contributed by atoms with Crippen molar-refractivity contribution >= 4 is 28.6 Å². The highest BCUT2D eigenvalue weighted by Crippen LogP contribution is 2.29. The molecule has 3 aromatic rings. The summed E-state index contributed by atoms with van der Waals surface area (Å²) < 4.78 is 0. The molecule has 4 heteroatoms. The minimum absolute atomic E-state index is 0.288. The highest BCUT2D eigenvalue weighted by atomic mass is 32.2. The number of aryl methyl sites for hydroxylation is 1. The zero-order valence-electron chi connectivity index (χ0n) is 12.3. The number of hydrogen-bond acceptors (Lipinski definition) is 3. The molecule has 110 valence electrons. The van der Waals surface area contributed by atoms with Crippen molar-refractivity contribution in [2.45, 2.75) is 11.8 Å². The molecule has 0 atom stereocenters. The number of hydrogen-bond donors (Lipinski definition) is 1. The average Bonchev–Trinajstić information content (AvgIpc) is 2.53. The van der Waals surface area contributed by atoms with E-state index in [9.17, 15) is 9.90 Å². The molecule has 0 saturated carbocycles. The lowest BCUT2D eigenvalue weighted by atomic mass is 10.0. The van der Waals surface area contributed by atoms with Crippen molar-refractivity contribution in [2.24, 2.45) is 0 Å². The Hall–Kier alpha value is -2.33. The van der Waals surface area contributed by atoms with Crippen molar-refractivity contribution in [3.63, 3.8) is 0 Å². The topological polar surface area (TPSA) is 50.2 Å². The van der Waals surface area contributed by atoms with Gasteiger partial charge in [-0.1, -0.05) is 30.3 Å². The fraction of sp³-hybridized carbons (Fsp3) is 0.111. The Kier molecular flexibility index (Phi) is 3.86. The number of pyridine rings is 1. The predicted octanol–water partition coefficient (Wildman–Crippen LogP) is 4.63. The standard InChI is InChI=1S/C18H15NO2S/c1-11-5-3-4-6-13(11)17-10-15(18(20)21)14-8-7-12(22-2)9-16(14)19-17/h3-10H,1-2H3,(H,20,21). The number of rotatable bonds is 3. The van der Waals surface area contributed by atoms with Gasteiger partial charge in [0.1, 0.15) is 0 Å². The van der Waals surface area contributed by atoms with E-state index in [4.69, 9.17) is 0 Å². The number of aromatic carboxylic acids is 1. The number of aromatic nitrogens is 1. The molecule has 0 unspecified atom stereocenters. The summed E-state index contributed by atoms with van der Waals surface area (Å²) in [7, 11) is 0. The van der Waals surface area contributed by atoms with Crippen LogP contribution in [0.3, 0.4) is 0 Å². The molecule has 0 saturated heterocycles.